The number of aromatic nitrogens is 2. The van der Waals surface area contributed by atoms with E-state index < -0.39 is 0 Å². The third kappa shape index (κ3) is 7.48. The van der Waals surface area contributed by atoms with Crippen molar-refractivity contribution in [2.24, 2.45) is 7.05 Å². The van der Waals surface area contributed by atoms with Crippen LogP contribution in [0.2, 0.25) is 0 Å². The number of benzene rings is 1. The van der Waals surface area contributed by atoms with Crippen molar-refractivity contribution in [1.82, 2.24) is 14.9 Å². The van der Waals surface area contributed by atoms with Gasteiger partial charge in [-0.25, -0.2) is 4.79 Å². The van der Waals surface area contributed by atoms with Gasteiger partial charge in [0.15, 0.2) is 11.5 Å². The summed E-state index contributed by atoms with van der Waals surface area (Å²) in [6, 6.07) is 3.31. The van der Waals surface area contributed by atoms with Gasteiger partial charge in [-0.2, -0.15) is 0 Å². The van der Waals surface area contributed by atoms with Crippen LogP contribution in [0, 0.1) is 0 Å². The van der Waals surface area contributed by atoms with Crippen LogP contribution in [0.4, 0.5) is 11.5 Å². The van der Waals surface area contributed by atoms with Gasteiger partial charge in [-0.3, -0.25) is 19.1 Å². The highest BCUT2D eigenvalue weighted by atomic mass is 16.5. The summed E-state index contributed by atoms with van der Waals surface area (Å²) >= 11 is 0. The molecule has 0 fully saturated rings. The minimum Gasteiger partial charge on any atom is -0.493 e. The standard InChI is InChI=1S/C28H43N5O6/c1-31-19-33(27-23(31)26(35)30-28(36)32(27)2)16-14-12-10-8-6-7-9-11-13-15-29-25(34)20-17-21(37-3)24(39-5)22(18-20)38-4/h17-18H,6-16,19H2,1-5H3,(H,29,34)(H,30,35,36). The quantitative estimate of drug-likeness (QED) is 0.309. The van der Waals surface area contributed by atoms with Gasteiger partial charge in [0, 0.05) is 32.7 Å². The fourth-order valence-corrected chi connectivity index (χ4v) is 5.05. The first kappa shape index (κ1) is 29.9. The van der Waals surface area contributed by atoms with Crippen LogP contribution in [-0.4, -0.2) is 63.6 Å². The zero-order chi connectivity index (χ0) is 28.4. The van der Waals surface area contributed by atoms with E-state index in [1.165, 1.54) is 51.6 Å². The molecule has 0 spiro atoms. The van der Waals surface area contributed by atoms with Crippen molar-refractivity contribution < 1.29 is 19.0 Å². The van der Waals surface area contributed by atoms with Gasteiger partial charge in [0.2, 0.25) is 5.75 Å². The maximum absolute atomic E-state index is 12.5. The van der Waals surface area contributed by atoms with Gasteiger partial charge in [-0.05, 0) is 25.0 Å². The predicted octanol–water partition coefficient (Wildman–Crippen LogP) is 3.25. The number of aromatic amines is 1. The van der Waals surface area contributed by atoms with Gasteiger partial charge in [0.1, 0.15) is 11.5 Å². The molecule has 216 valence electrons. The molecule has 1 aliphatic rings. The van der Waals surface area contributed by atoms with Crippen LogP contribution in [-0.2, 0) is 7.05 Å². The molecule has 1 amide bonds. The van der Waals surface area contributed by atoms with Crippen LogP contribution < -0.4 is 40.6 Å². The first-order valence-corrected chi connectivity index (χ1v) is 13.7. The Kier molecular flexibility index (Phi) is 11.1. The third-order valence-corrected chi connectivity index (χ3v) is 7.15. The lowest BCUT2D eigenvalue weighted by molar-refractivity contribution is 0.0952. The minimum atomic E-state index is -0.375. The average Bonchev–Trinajstić information content (AvgIpc) is 3.27. The summed E-state index contributed by atoms with van der Waals surface area (Å²) in [5.41, 5.74) is 0.347. The van der Waals surface area contributed by atoms with Crippen LogP contribution in [0.25, 0.3) is 0 Å². The Labute approximate surface area is 230 Å². The van der Waals surface area contributed by atoms with Crippen molar-refractivity contribution in [1.29, 1.82) is 0 Å². The molecular weight excluding hydrogens is 502 g/mol. The molecule has 1 aliphatic heterocycles. The molecule has 3 rings (SSSR count). The smallest absolute Gasteiger partial charge is 0.329 e. The molecular formula is C28H43N5O6. The van der Waals surface area contributed by atoms with Gasteiger partial charge in [-0.15, -0.1) is 0 Å². The Bertz CT molecular complexity index is 1200. The molecule has 1 aromatic heterocycles. The molecule has 0 saturated heterocycles. The Morgan fingerprint density at radius 1 is 0.872 bits per heavy atom. The number of nitrogens with one attached hydrogen (secondary N) is 2. The van der Waals surface area contributed by atoms with Crippen molar-refractivity contribution >= 4 is 17.4 Å². The second-order valence-corrected chi connectivity index (χ2v) is 9.95. The monoisotopic (exact) mass is 545 g/mol. The van der Waals surface area contributed by atoms with Crippen LogP contribution in [0.15, 0.2) is 21.7 Å². The van der Waals surface area contributed by atoms with Gasteiger partial charge in [0.05, 0.1) is 28.0 Å². The topological polar surface area (TPSA) is 118 Å². The van der Waals surface area contributed by atoms with E-state index in [1.54, 1.807) is 19.2 Å². The summed E-state index contributed by atoms with van der Waals surface area (Å²) in [6.07, 6.45) is 10.1. The number of carbonyl (C=O) groups is 1. The molecule has 39 heavy (non-hydrogen) atoms. The summed E-state index contributed by atoms with van der Waals surface area (Å²) in [5.74, 6) is 1.94. The molecule has 2 N–H and O–H groups in total. The summed E-state index contributed by atoms with van der Waals surface area (Å²) in [4.78, 5) is 43.1. The van der Waals surface area contributed by atoms with Crippen molar-refractivity contribution in [2.45, 2.75) is 57.8 Å². The molecule has 0 aliphatic carbocycles. The number of nitrogens with zero attached hydrogens (tertiary/aromatic N) is 3. The van der Waals surface area contributed by atoms with E-state index in [9.17, 15) is 14.4 Å². The highest BCUT2D eigenvalue weighted by Crippen LogP contribution is 2.38. The fraction of sp³-hybridized carbons (Fsp3) is 0.607. The fourth-order valence-electron chi connectivity index (χ4n) is 5.05. The van der Waals surface area contributed by atoms with Crippen molar-refractivity contribution in [3.05, 3.63) is 38.5 Å². The Morgan fingerprint density at radius 2 is 1.44 bits per heavy atom. The van der Waals surface area contributed by atoms with E-state index in [2.05, 4.69) is 15.2 Å². The van der Waals surface area contributed by atoms with Crippen molar-refractivity contribution in [2.75, 3.05) is 57.9 Å². The molecule has 11 nitrogen and oxygen atoms in total. The van der Waals surface area contributed by atoms with Gasteiger partial charge in [0.25, 0.3) is 11.5 Å². The lowest BCUT2D eigenvalue weighted by Crippen LogP contribution is -2.32. The number of amides is 1. The maximum atomic E-state index is 12.5. The number of methoxy groups -OCH3 is 3. The predicted molar refractivity (Wildman–Crippen MR) is 153 cm³/mol. The summed E-state index contributed by atoms with van der Waals surface area (Å²) in [6.45, 7) is 2.08. The number of unbranched alkanes of at least 4 members (excludes halogenated alkanes) is 8. The molecule has 0 radical (unpaired) electrons. The number of rotatable bonds is 16. The van der Waals surface area contributed by atoms with Gasteiger partial charge >= 0.3 is 5.69 Å². The SMILES string of the molecule is COc1cc(C(=O)NCCCCCCCCCCCN2CN(C)c3c2n(C)c(=O)[nH]c3=O)cc(OC)c1OC. The Morgan fingerprint density at radius 3 is 2.00 bits per heavy atom. The molecule has 2 heterocycles. The molecule has 2 aromatic rings. The zero-order valence-corrected chi connectivity index (χ0v) is 23.9. The average molecular weight is 546 g/mol. The second kappa shape index (κ2) is 14.5. The number of H-pyrrole nitrogens is 1. The number of hydrogen-bond acceptors (Lipinski definition) is 8. The second-order valence-electron chi connectivity index (χ2n) is 9.95. The van der Waals surface area contributed by atoms with E-state index in [0.717, 1.165) is 38.6 Å². The van der Waals surface area contributed by atoms with Gasteiger partial charge < -0.3 is 29.3 Å². The number of hydrogen-bond donors (Lipinski definition) is 2. The summed E-state index contributed by atoms with van der Waals surface area (Å²) < 4.78 is 17.5. The highest BCUT2D eigenvalue weighted by Gasteiger charge is 2.29. The molecule has 0 unspecified atom stereocenters. The van der Waals surface area contributed by atoms with Crippen LogP contribution >= 0.6 is 0 Å². The van der Waals surface area contributed by atoms with Crippen LogP contribution in [0.5, 0.6) is 17.2 Å². The normalized spacial score (nSPS) is 12.4. The van der Waals surface area contributed by atoms with Gasteiger partial charge in [-0.1, -0.05) is 44.9 Å². The van der Waals surface area contributed by atoms with E-state index >= 15 is 0 Å². The number of fused-ring (bicyclic) bond motifs is 1. The number of carbonyl (C=O) groups excluding carboxylic acids is 1. The molecule has 1 aromatic carbocycles. The number of ether oxygens (including phenoxy) is 3. The summed E-state index contributed by atoms with van der Waals surface area (Å²) in [7, 11) is 8.17. The van der Waals surface area contributed by atoms with Crippen LogP contribution in [0.3, 0.4) is 0 Å². The largest absolute Gasteiger partial charge is 0.493 e. The first-order valence-electron chi connectivity index (χ1n) is 13.7. The van der Waals surface area contributed by atoms with E-state index in [1.807, 2.05) is 11.9 Å². The zero-order valence-electron chi connectivity index (χ0n) is 23.9. The summed E-state index contributed by atoms with van der Waals surface area (Å²) in [5, 5.41) is 2.97. The molecule has 0 saturated carbocycles. The van der Waals surface area contributed by atoms with E-state index in [4.69, 9.17) is 14.2 Å². The van der Waals surface area contributed by atoms with E-state index in [0.29, 0.717) is 47.5 Å². The lowest BCUT2D eigenvalue weighted by atomic mass is 10.1. The first-order chi connectivity index (χ1) is 18.8. The third-order valence-electron chi connectivity index (χ3n) is 7.15. The van der Waals surface area contributed by atoms with Crippen molar-refractivity contribution in [3.63, 3.8) is 0 Å². The Balaban J connectivity index is 1.25. The number of anilines is 2. The molecule has 0 atom stereocenters. The Hall–Kier alpha value is -3.63. The van der Waals surface area contributed by atoms with Crippen LogP contribution in [0.1, 0.15) is 68.1 Å². The highest BCUT2D eigenvalue weighted by molar-refractivity contribution is 5.95. The molecule has 11 heteroatoms. The minimum absolute atomic E-state index is 0.160. The lowest BCUT2D eigenvalue weighted by Gasteiger charge is -2.20. The van der Waals surface area contributed by atoms with E-state index in [-0.39, 0.29) is 17.2 Å². The maximum Gasteiger partial charge on any atom is 0.329 e. The van der Waals surface area contributed by atoms with Crippen molar-refractivity contribution in [3.8, 4) is 17.2 Å². The molecule has 0 bridgehead atoms.